The molecule has 0 fully saturated rings. The number of carbonyl (C=O) groups is 1. The van der Waals surface area contributed by atoms with Gasteiger partial charge in [-0.1, -0.05) is 54.6 Å². The Hall–Kier alpha value is -2.09. The molecule has 0 aliphatic rings. The van der Waals surface area contributed by atoms with Crippen molar-refractivity contribution in [3.63, 3.8) is 0 Å². The molecule has 0 spiro atoms. The molecule has 2 rings (SSSR count). The number of ether oxygens (including phenoxy) is 1. The summed E-state index contributed by atoms with van der Waals surface area (Å²) in [6.07, 6.45) is 0.333. The number of benzene rings is 2. The van der Waals surface area contributed by atoms with Crippen molar-refractivity contribution in [2.24, 2.45) is 0 Å². The van der Waals surface area contributed by atoms with Gasteiger partial charge in [0.25, 0.3) is 0 Å². The summed E-state index contributed by atoms with van der Waals surface area (Å²) in [6, 6.07) is 17.6. The highest BCUT2D eigenvalue weighted by Crippen LogP contribution is 2.09. The van der Waals surface area contributed by atoms with Crippen LogP contribution in [0.5, 0.6) is 0 Å². The van der Waals surface area contributed by atoms with Gasteiger partial charge in [-0.25, -0.2) is 0 Å². The number of aryl methyl sites for hydroxylation is 1. The van der Waals surface area contributed by atoms with Gasteiger partial charge in [0.1, 0.15) is 6.61 Å². The molecule has 0 aliphatic heterocycles. The van der Waals surface area contributed by atoms with E-state index in [1.807, 2.05) is 61.5 Å². The maximum atomic E-state index is 11.7. The van der Waals surface area contributed by atoms with Crippen LogP contribution in [0.15, 0.2) is 54.6 Å². The third-order valence-electron chi connectivity index (χ3n) is 2.84. The number of carbonyl (C=O) groups excluding carboxylic acids is 1. The van der Waals surface area contributed by atoms with Crippen LogP contribution in [0, 0.1) is 6.92 Å². The largest absolute Gasteiger partial charge is 0.461 e. The zero-order valence-electron chi connectivity index (χ0n) is 10.4. The van der Waals surface area contributed by atoms with Crippen molar-refractivity contribution < 1.29 is 9.53 Å². The molecule has 0 atom stereocenters. The topological polar surface area (TPSA) is 26.3 Å². The third-order valence-corrected chi connectivity index (χ3v) is 2.84. The summed E-state index contributed by atoms with van der Waals surface area (Å²) in [6.45, 7) is 2.34. The average molecular weight is 240 g/mol. The molecule has 92 valence electrons. The first-order chi connectivity index (χ1) is 8.75. The van der Waals surface area contributed by atoms with Gasteiger partial charge in [0.05, 0.1) is 6.42 Å². The summed E-state index contributed by atoms with van der Waals surface area (Å²) in [5.74, 6) is -0.187. The van der Waals surface area contributed by atoms with E-state index in [0.717, 1.165) is 16.7 Å². The van der Waals surface area contributed by atoms with E-state index in [-0.39, 0.29) is 5.97 Å². The van der Waals surface area contributed by atoms with Gasteiger partial charge in [-0.15, -0.1) is 0 Å². The zero-order chi connectivity index (χ0) is 12.8. The Balaban J connectivity index is 1.88. The Labute approximate surface area is 107 Å². The maximum Gasteiger partial charge on any atom is 0.310 e. The summed E-state index contributed by atoms with van der Waals surface area (Å²) in [7, 11) is 0. The van der Waals surface area contributed by atoms with Crippen LogP contribution < -0.4 is 0 Å². The molecule has 0 radical (unpaired) electrons. The smallest absolute Gasteiger partial charge is 0.310 e. The summed E-state index contributed by atoms with van der Waals surface area (Å²) < 4.78 is 5.25. The summed E-state index contributed by atoms with van der Waals surface area (Å²) in [5.41, 5.74) is 3.15. The van der Waals surface area contributed by atoms with E-state index >= 15 is 0 Å². The van der Waals surface area contributed by atoms with Crippen molar-refractivity contribution in [3.8, 4) is 0 Å². The maximum absolute atomic E-state index is 11.7. The first-order valence-electron chi connectivity index (χ1n) is 6.00. The van der Waals surface area contributed by atoms with Gasteiger partial charge in [0.15, 0.2) is 0 Å². The first kappa shape index (κ1) is 12.4. The lowest BCUT2D eigenvalue weighted by molar-refractivity contribution is -0.144. The molecule has 0 aliphatic carbocycles. The predicted molar refractivity (Wildman–Crippen MR) is 71.1 cm³/mol. The number of hydrogen-bond acceptors (Lipinski definition) is 2. The van der Waals surface area contributed by atoms with Crippen LogP contribution in [0.25, 0.3) is 0 Å². The molecule has 0 N–H and O–H groups in total. The zero-order valence-corrected chi connectivity index (χ0v) is 10.4. The van der Waals surface area contributed by atoms with Crippen molar-refractivity contribution >= 4 is 5.97 Å². The SMILES string of the molecule is Cc1ccccc1CC(=O)OCc1ccccc1. The van der Waals surface area contributed by atoms with Crippen molar-refractivity contribution in [1.29, 1.82) is 0 Å². The number of esters is 1. The van der Waals surface area contributed by atoms with Gasteiger partial charge in [-0.2, -0.15) is 0 Å². The van der Waals surface area contributed by atoms with E-state index in [9.17, 15) is 4.79 Å². The fourth-order valence-corrected chi connectivity index (χ4v) is 1.75. The normalized spacial score (nSPS) is 10.1. The predicted octanol–water partition coefficient (Wildman–Crippen LogP) is 3.28. The second-order valence-electron chi connectivity index (χ2n) is 4.25. The van der Waals surface area contributed by atoms with Crippen molar-refractivity contribution in [1.82, 2.24) is 0 Å². The van der Waals surface area contributed by atoms with Crippen LogP contribution in [0.3, 0.4) is 0 Å². The van der Waals surface area contributed by atoms with Gasteiger partial charge in [0.2, 0.25) is 0 Å². The number of rotatable bonds is 4. The standard InChI is InChI=1S/C16H16O2/c1-13-7-5-6-10-15(13)11-16(17)18-12-14-8-3-2-4-9-14/h2-10H,11-12H2,1H3. The minimum atomic E-state index is -0.187. The molecular weight excluding hydrogens is 224 g/mol. The number of hydrogen-bond donors (Lipinski definition) is 0. The van der Waals surface area contributed by atoms with Crippen LogP contribution in [0.4, 0.5) is 0 Å². The summed E-state index contributed by atoms with van der Waals surface area (Å²) >= 11 is 0. The minimum absolute atomic E-state index is 0.187. The van der Waals surface area contributed by atoms with Gasteiger partial charge in [-0.3, -0.25) is 4.79 Å². The molecule has 2 nitrogen and oxygen atoms in total. The molecule has 0 unspecified atom stereocenters. The molecule has 2 aromatic carbocycles. The van der Waals surface area contributed by atoms with E-state index in [1.165, 1.54) is 0 Å². The van der Waals surface area contributed by atoms with Crippen molar-refractivity contribution in [3.05, 3.63) is 71.3 Å². The van der Waals surface area contributed by atoms with E-state index in [2.05, 4.69) is 0 Å². The molecule has 0 aromatic heterocycles. The van der Waals surface area contributed by atoms with Crippen LogP contribution >= 0.6 is 0 Å². The highest BCUT2D eigenvalue weighted by Gasteiger charge is 2.06. The Bertz CT molecular complexity index is 518. The molecule has 0 amide bonds. The molecule has 0 heterocycles. The van der Waals surface area contributed by atoms with Crippen molar-refractivity contribution in [2.75, 3.05) is 0 Å². The highest BCUT2D eigenvalue weighted by molar-refractivity contribution is 5.73. The van der Waals surface area contributed by atoms with Gasteiger partial charge in [0, 0.05) is 0 Å². The highest BCUT2D eigenvalue weighted by atomic mass is 16.5. The second kappa shape index (κ2) is 6.01. The molecule has 0 bridgehead atoms. The van der Waals surface area contributed by atoms with Gasteiger partial charge >= 0.3 is 5.97 Å². The lowest BCUT2D eigenvalue weighted by Gasteiger charge is -2.06. The quantitative estimate of drug-likeness (QED) is 0.767. The summed E-state index contributed by atoms with van der Waals surface area (Å²) in [5, 5.41) is 0. The van der Waals surface area contributed by atoms with E-state index < -0.39 is 0 Å². The average Bonchev–Trinajstić information content (AvgIpc) is 2.40. The van der Waals surface area contributed by atoms with Gasteiger partial charge < -0.3 is 4.74 Å². The lowest BCUT2D eigenvalue weighted by atomic mass is 10.1. The third kappa shape index (κ3) is 3.45. The van der Waals surface area contributed by atoms with Crippen molar-refractivity contribution in [2.45, 2.75) is 20.0 Å². The Morgan fingerprint density at radius 3 is 2.39 bits per heavy atom. The molecule has 18 heavy (non-hydrogen) atoms. The van der Waals surface area contributed by atoms with Crippen LogP contribution in [0.1, 0.15) is 16.7 Å². The van der Waals surface area contributed by atoms with E-state index in [0.29, 0.717) is 13.0 Å². The first-order valence-corrected chi connectivity index (χ1v) is 6.00. The van der Waals surface area contributed by atoms with Crippen LogP contribution in [-0.2, 0) is 22.6 Å². The monoisotopic (exact) mass is 240 g/mol. The molecule has 0 saturated heterocycles. The molecule has 2 aromatic rings. The Morgan fingerprint density at radius 1 is 1.00 bits per heavy atom. The van der Waals surface area contributed by atoms with Crippen LogP contribution in [-0.4, -0.2) is 5.97 Å². The van der Waals surface area contributed by atoms with Crippen LogP contribution in [0.2, 0.25) is 0 Å². The molecule has 0 saturated carbocycles. The fraction of sp³-hybridized carbons (Fsp3) is 0.188. The minimum Gasteiger partial charge on any atom is -0.461 e. The summed E-state index contributed by atoms with van der Waals surface area (Å²) in [4.78, 5) is 11.7. The van der Waals surface area contributed by atoms with E-state index in [1.54, 1.807) is 0 Å². The molecule has 2 heteroatoms. The van der Waals surface area contributed by atoms with Gasteiger partial charge in [-0.05, 0) is 23.6 Å². The van der Waals surface area contributed by atoms with E-state index in [4.69, 9.17) is 4.74 Å². The Morgan fingerprint density at radius 2 is 1.67 bits per heavy atom. The lowest BCUT2D eigenvalue weighted by Crippen LogP contribution is -2.08. The second-order valence-corrected chi connectivity index (χ2v) is 4.25. The molecular formula is C16H16O2. The fourth-order valence-electron chi connectivity index (χ4n) is 1.75. The Kier molecular flexibility index (Phi) is 4.13.